The summed E-state index contributed by atoms with van der Waals surface area (Å²) < 4.78 is 5.73. The molecule has 1 aliphatic rings. The molecule has 1 atom stereocenters. The average molecular weight is 305 g/mol. The van der Waals surface area contributed by atoms with E-state index >= 15 is 0 Å². The molecule has 0 N–H and O–H groups in total. The summed E-state index contributed by atoms with van der Waals surface area (Å²) in [6, 6.07) is 12.5. The van der Waals surface area contributed by atoms with Gasteiger partial charge in [-0.05, 0) is 36.6 Å². The highest BCUT2D eigenvalue weighted by molar-refractivity contribution is 6.02. The number of furan rings is 1. The predicted molar refractivity (Wildman–Crippen MR) is 92.0 cm³/mol. The number of hydrogen-bond acceptors (Lipinski definition) is 2. The summed E-state index contributed by atoms with van der Waals surface area (Å²) in [5.41, 5.74) is 6.47. The molecule has 0 fully saturated rings. The minimum absolute atomic E-state index is 0.104. The minimum Gasteiger partial charge on any atom is -0.464 e. The summed E-state index contributed by atoms with van der Waals surface area (Å²) in [6.45, 7) is 4.11. The van der Waals surface area contributed by atoms with E-state index in [1.165, 1.54) is 11.1 Å². The normalized spacial score (nSPS) is 17.6. The van der Waals surface area contributed by atoms with Crippen LogP contribution in [0.15, 0.2) is 47.1 Å². The third-order valence-corrected chi connectivity index (χ3v) is 4.96. The summed E-state index contributed by atoms with van der Waals surface area (Å²) in [5, 5.41) is 1.14. The average Bonchev–Trinajstić information content (AvgIpc) is 2.93. The number of fused-ring (bicyclic) bond motifs is 2. The Kier molecular flexibility index (Phi) is 3.05. The third kappa shape index (κ3) is 2.00. The van der Waals surface area contributed by atoms with Crippen LogP contribution in [0.5, 0.6) is 0 Å². The smallest absolute Gasteiger partial charge is 0.227 e. The van der Waals surface area contributed by atoms with E-state index in [2.05, 4.69) is 25.1 Å². The van der Waals surface area contributed by atoms with E-state index in [0.717, 1.165) is 27.8 Å². The Morgan fingerprint density at radius 3 is 2.65 bits per heavy atom. The van der Waals surface area contributed by atoms with Crippen molar-refractivity contribution in [2.45, 2.75) is 26.2 Å². The highest BCUT2D eigenvalue weighted by Gasteiger charge is 2.33. The first kappa shape index (κ1) is 14.1. The lowest BCUT2D eigenvalue weighted by Gasteiger charge is -2.33. The van der Waals surface area contributed by atoms with Gasteiger partial charge in [0.2, 0.25) is 5.91 Å². The van der Waals surface area contributed by atoms with Crippen LogP contribution in [-0.2, 0) is 4.79 Å². The molecule has 0 spiro atoms. The molecule has 1 amide bonds. The first-order valence-corrected chi connectivity index (χ1v) is 7.90. The molecule has 4 rings (SSSR count). The van der Waals surface area contributed by atoms with Crippen LogP contribution in [0.1, 0.15) is 34.6 Å². The highest BCUT2D eigenvalue weighted by Crippen LogP contribution is 2.44. The largest absolute Gasteiger partial charge is 0.464 e. The van der Waals surface area contributed by atoms with Crippen molar-refractivity contribution in [3.8, 4) is 0 Å². The fraction of sp³-hybridized carbons (Fsp3) is 0.250. The summed E-state index contributed by atoms with van der Waals surface area (Å²) in [5.74, 6) is 0.254. The molecule has 2 heterocycles. The molecule has 0 aliphatic carbocycles. The molecule has 3 heteroatoms. The van der Waals surface area contributed by atoms with Crippen molar-refractivity contribution < 1.29 is 9.21 Å². The van der Waals surface area contributed by atoms with Crippen LogP contribution in [0.4, 0.5) is 5.69 Å². The SMILES string of the molecule is Cc1coc2c(C)c3c(cc12)C(c1ccccc1)CC(=O)N3C. The number of rotatable bonds is 1. The van der Waals surface area contributed by atoms with Gasteiger partial charge in [0.25, 0.3) is 0 Å². The topological polar surface area (TPSA) is 33.5 Å². The number of nitrogens with zero attached hydrogens (tertiary/aromatic N) is 1. The molecule has 1 unspecified atom stereocenters. The number of anilines is 1. The number of carbonyl (C=O) groups is 1. The second-order valence-electron chi connectivity index (χ2n) is 6.35. The summed E-state index contributed by atoms with van der Waals surface area (Å²) >= 11 is 0. The van der Waals surface area contributed by atoms with Crippen LogP contribution in [0.3, 0.4) is 0 Å². The Bertz CT molecular complexity index is 908. The molecule has 3 nitrogen and oxygen atoms in total. The monoisotopic (exact) mass is 305 g/mol. The predicted octanol–water partition coefficient (Wildman–Crippen LogP) is 4.55. The van der Waals surface area contributed by atoms with Crippen LogP contribution < -0.4 is 4.90 Å². The number of benzene rings is 2. The van der Waals surface area contributed by atoms with E-state index in [1.807, 2.05) is 32.2 Å². The first-order chi connectivity index (χ1) is 11.1. The van der Waals surface area contributed by atoms with E-state index in [-0.39, 0.29) is 11.8 Å². The van der Waals surface area contributed by atoms with Crippen molar-refractivity contribution in [2.75, 3.05) is 11.9 Å². The maximum atomic E-state index is 12.5. The Balaban J connectivity index is 2.03. The van der Waals surface area contributed by atoms with Gasteiger partial charge >= 0.3 is 0 Å². The first-order valence-electron chi connectivity index (χ1n) is 7.90. The Hall–Kier alpha value is -2.55. The van der Waals surface area contributed by atoms with Crippen LogP contribution in [0.2, 0.25) is 0 Å². The number of hydrogen-bond donors (Lipinski definition) is 0. The Morgan fingerprint density at radius 2 is 1.91 bits per heavy atom. The number of amides is 1. The zero-order chi connectivity index (χ0) is 16.1. The molecule has 3 aromatic rings. The maximum Gasteiger partial charge on any atom is 0.227 e. The molecule has 0 bridgehead atoms. The van der Waals surface area contributed by atoms with Crippen LogP contribution in [0.25, 0.3) is 11.0 Å². The Morgan fingerprint density at radius 1 is 1.17 bits per heavy atom. The maximum absolute atomic E-state index is 12.5. The van der Waals surface area contributed by atoms with Gasteiger partial charge in [-0.1, -0.05) is 30.3 Å². The molecule has 0 saturated heterocycles. The van der Waals surface area contributed by atoms with Crippen molar-refractivity contribution in [3.05, 3.63) is 64.9 Å². The fourth-order valence-electron chi connectivity index (χ4n) is 3.71. The van der Waals surface area contributed by atoms with Crippen LogP contribution in [-0.4, -0.2) is 13.0 Å². The molecular formula is C20H19NO2. The molecule has 0 saturated carbocycles. The van der Waals surface area contributed by atoms with E-state index in [4.69, 9.17) is 4.42 Å². The van der Waals surface area contributed by atoms with Crippen LogP contribution >= 0.6 is 0 Å². The lowest BCUT2D eigenvalue weighted by molar-refractivity contribution is -0.118. The van der Waals surface area contributed by atoms with E-state index in [0.29, 0.717) is 6.42 Å². The molecule has 1 aliphatic heterocycles. The lowest BCUT2D eigenvalue weighted by atomic mass is 9.82. The van der Waals surface area contributed by atoms with E-state index in [1.54, 1.807) is 11.2 Å². The summed E-state index contributed by atoms with van der Waals surface area (Å²) in [7, 11) is 1.86. The zero-order valence-corrected chi connectivity index (χ0v) is 13.6. The zero-order valence-electron chi connectivity index (χ0n) is 13.6. The second-order valence-corrected chi connectivity index (χ2v) is 6.35. The van der Waals surface area contributed by atoms with Gasteiger partial charge in [-0.2, -0.15) is 0 Å². The third-order valence-electron chi connectivity index (χ3n) is 4.96. The summed E-state index contributed by atoms with van der Waals surface area (Å²) in [4.78, 5) is 14.3. The molecule has 2 aromatic carbocycles. The Labute approximate surface area is 135 Å². The van der Waals surface area contributed by atoms with Crippen molar-refractivity contribution in [1.29, 1.82) is 0 Å². The quantitative estimate of drug-likeness (QED) is 0.661. The molecule has 0 radical (unpaired) electrons. The molecule has 23 heavy (non-hydrogen) atoms. The van der Waals surface area contributed by atoms with Gasteiger partial charge in [-0.3, -0.25) is 4.79 Å². The lowest BCUT2D eigenvalue weighted by Crippen LogP contribution is -2.34. The van der Waals surface area contributed by atoms with Gasteiger partial charge < -0.3 is 9.32 Å². The van der Waals surface area contributed by atoms with Gasteiger partial charge in [0.05, 0.1) is 12.0 Å². The number of carbonyl (C=O) groups excluding carboxylic acids is 1. The standard InChI is InChI=1S/C20H19NO2/c1-12-11-23-20-13(2)19-17(9-15(12)20)16(10-18(22)21(19)3)14-7-5-4-6-8-14/h4-9,11,16H,10H2,1-3H3. The highest BCUT2D eigenvalue weighted by atomic mass is 16.3. The van der Waals surface area contributed by atoms with Gasteiger partial charge in [-0.15, -0.1) is 0 Å². The van der Waals surface area contributed by atoms with Crippen molar-refractivity contribution in [1.82, 2.24) is 0 Å². The molecule has 116 valence electrons. The summed E-state index contributed by atoms with van der Waals surface area (Å²) in [6.07, 6.45) is 2.30. The number of aryl methyl sites for hydroxylation is 2. The van der Waals surface area contributed by atoms with Gasteiger partial charge in [-0.25, -0.2) is 0 Å². The van der Waals surface area contributed by atoms with E-state index < -0.39 is 0 Å². The second kappa shape index (κ2) is 4.98. The van der Waals surface area contributed by atoms with Gasteiger partial charge in [0.15, 0.2) is 0 Å². The molecule has 1 aromatic heterocycles. The minimum atomic E-state index is 0.104. The van der Waals surface area contributed by atoms with Crippen molar-refractivity contribution in [3.63, 3.8) is 0 Å². The van der Waals surface area contributed by atoms with E-state index in [9.17, 15) is 4.79 Å². The van der Waals surface area contributed by atoms with Crippen molar-refractivity contribution >= 4 is 22.6 Å². The molecular weight excluding hydrogens is 286 g/mol. The fourth-order valence-corrected chi connectivity index (χ4v) is 3.71. The van der Waals surface area contributed by atoms with Crippen LogP contribution in [0, 0.1) is 13.8 Å². The van der Waals surface area contributed by atoms with Gasteiger partial charge in [0, 0.05) is 30.3 Å². The van der Waals surface area contributed by atoms with Gasteiger partial charge in [0.1, 0.15) is 5.58 Å². The van der Waals surface area contributed by atoms with Crippen molar-refractivity contribution in [2.24, 2.45) is 0 Å².